The van der Waals surface area contributed by atoms with E-state index in [1.54, 1.807) is 7.05 Å². The fourth-order valence-electron chi connectivity index (χ4n) is 2.62. The van der Waals surface area contributed by atoms with Crippen molar-refractivity contribution in [3.63, 3.8) is 0 Å². The van der Waals surface area contributed by atoms with Gasteiger partial charge in [0.25, 0.3) is 0 Å². The maximum absolute atomic E-state index is 12.2. The first-order valence-electron chi connectivity index (χ1n) is 8.55. The number of nitrogens with one attached hydrogen (secondary N) is 2. The van der Waals surface area contributed by atoms with Crippen molar-refractivity contribution in [2.45, 2.75) is 39.2 Å². The summed E-state index contributed by atoms with van der Waals surface area (Å²) in [6.07, 6.45) is 3.18. The minimum absolute atomic E-state index is 0.0102. The quantitative estimate of drug-likeness (QED) is 0.375. The molecule has 1 aromatic carbocycles. The van der Waals surface area contributed by atoms with Gasteiger partial charge in [-0.05, 0) is 36.9 Å². The van der Waals surface area contributed by atoms with Crippen LogP contribution in [0.15, 0.2) is 29.3 Å². The second-order valence-corrected chi connectivity index (χ2v) is 6.18. The van der Waals surface area contributed by atoms with Gasteiger partial charge >= 0.3 is 0 Å². The van der Waals surface area contributed by atoms with Crippen molar-refractivity contribution in [3.8, 4) is 0 Å². The van der Waals surface area contributed by atoms with E-state index in [4.69, 9.17) is 11.5 Å². The van der Waals surface area contributed by atoms with Crippen molar-refractivity contribution < 1.29 is 4.79 Å². The van der Waals surface area contributed by atoms with E-state index in [2.05, 4.69) is 53.7 Å². The average Bonchev–Trinajstić information content (AvgIpc) is 2.55. The van der Waals surface area contributed by atoms with Crippen molar-refractivity contribution in [1.29, 1.82) is 0 Å². The molecule has 0 saturated heterocycles. The molecule has 0 saturated carbocycles. The first kappa shape index (κ1) is 20.0. The minimum atomic E-state index is -0.424. The van der Waals surface area contributed by atoms with Crippen LogP contribution in [0.3, 0.4) is 0 Å². The van der Waals surface area contributed by atoms with Crippen LogP contribution < -0.4 is 22.1 Å². The van der Waals surface area contributed by atoms with E-state index in [9.17, 15) is 4.79 Å². The molecule has 134 valence electrons. The fraction of sp³-hybridized carbons (Fsp3) is 0.556. The topological polar surface area (TPSA) is 106 Å². The highest BCUT2D eigenvalue weighted by atomic mass is 16.2. The number of nitrogens with zero attached hydrogens (tertiary/aromatic N) is 1. The van der Waals surface area contributed by atoms with Gasteiger partial charge in [-0.15, -0.1) is 0 Å². The third-order valence-electron chi connectivity index (χ3n) is 3.95. The molecule has 6 N–H and O–H groups in total. The SMILES string of the molecule is CCCc1ccccc1CC(C)CNC(=O)C(CN=C(N)N)NC. The number of nitrogens with two attached hydrogens (primary N) is 2. The van der Waals surface area contributed by atoms with Crippen molar-refractivity contribution in [1.82, 2.24) is 10.6 Å². The van der Waals surface area contributed by atoms with Crippen LogP contribution in [0.5, 0.6) is 0 Å². The molecule has 0 bridgehead atoms. The molecule has 24 heavy (non-hydrogen) atoms. The molecule has 0 aliphatic heterocycles. The summed E-state index contributed by atoms with van der Waals surface area (Å²) < 4.78 is 0. The molecule has 0 spiro atoms. The number of aryl methyl sites for hydroxylation is 1. The number of hydrogen-bond acceptors (Lipinski definition) is 3. The highest BCUT2D eigenvalue weighted by molar-refractivity contribution is 5.82. The van der Waals surface area contributed by atoms with Crippen LogP contribution in [0.1, 0.15) is 31.4 Å². The summed E-state index contributed by atoms with van der Waals surface area (Å²) in [4.78, 5) is 16.1. The number of aliphatic imine (C=N–C) groups is 1. The number of guanidine groups is 1. The molecule has 6 heteroatoms. The predicted octanol–water partition coefficient (Wildman–Crippen LogP) is 0.795. The van der Waals surface area contributed by atoms with E-state index in [1.807, 2.05) is 0 Å². The van der Waals surface area contributed by atoms with Crippen molar-refractivity contribution >= 4 is 11.9 Å². The third-order valence-corrected chi connectivity index (χ3v) is 3.95. The van der Waals surface area contributed by atoms with Crippen molar-refractivity contribution in [2.75, 3.05) is 20.1 Å². The van der Waals surface area contributed by atoms with E-state index in [-0.39, 0.29) is 18.4 Å². The number of benzene rings is 1. The highest BCUT2D eigenvalue weighted by Gasteiger charge is 2.16. The molecule has 1 aromatic rings. The summed E-state index contributed by atoms with van der Waals surface area (Å²) in [5, 5.41) is 5.90. The molecule has 1 amide bonds. The number of rotatable bonds is 10. The first-order chi connectivity index (χ1) is 11.5. The van der Waals surface area contributed by atoms with Gasteiger partial charge in [0, 0.05) is 6.54 Å². The van der Waals surface area contributed by atoms with Crippen LogP contribution in [-0.4, -0.2) is 38.0 Å². The molecule has 0 aliphatic carbocycles. The lowest BCUT2D eigenvalue weighted by Crippen LogP contribution is -2.46. The van der Waals surface area contributed by atoms with Crippen LogP contribution in [0, 0.1) is 5.92 Å². The average molecular weight is 333 g/mol. The van der Waals surface area contributed by atoms with Gasteiger partial charge in [-0.25, -0.2) is 0 Å². The predicted molar refractivity (Wildman–Crippen MR) is 99.8 cm³/mol. The highest BCUT2D eigenvalue weighted by Crippen LogP contribution is 2.15. The summed E-state index contributed by atoms with van der Waals surface area (Å²) in [7, 11) is 1.72. The molecule has 2 atom stereocenters. The normalized spacial score (nSPS) is 13.1. The Morgan fingerprint density at radius 2 is 1.92 bits per heavy atom. The number of hydrogen-bond donors (Lipinski definition) is 4. The van der Waals surface area contributed by atoms with E-state index < -0.39 is 6.04 Å². The number of carbonyl (C=O) groups is 1. The van der Waals surface area contributed by atoms with Gasteiger partial charge in [-0.1, -0.05) is 44.5 Å². The largest absolute Gasteiger partial charge is 0.370 e. The Bertz CT molecular complexity index is 540. The van der Waals surface area contributed by atoms with Gasteiger partial charge in [-0.2, -0.15) is 0 Å². The Morgan fingerprint density at radius 1 is 1.25 bits per heavy atom. The summed E-state index contributed by atoms with van der Waals surface area (Å²) in [5.74, 6) is 0.257. The standard InChI is InChI=1S/C18H31N5O/c1-4-7-14-8-5-6-9-15(14)10-13(2)11-22-17(24)16(21-3)12-23-18(19)20/h5-6,8-9,13,16,21H,4,7,10-12H2,1-3H3,(H,22,24)(H4,19,20,23). The maximum atomic E-state index is 12.2. The molecule has 0 aliphatic rings. The molecule has 0 radical (unpaired) electrons. The lowest BCUT2D eigenvalue weighted by Gasteiger charge is -2.18. The van der Waals surface area contributed by atoms with E-state index in [1.165, 1.54) is 11.1 Å². The smallest absolute Gasteiger partial charge is 0.239 e. The van der Waals surface area contributed by atoms with Gasteiger partial charge in [0.15, 0.2) is 5.96 Å². The number of carbonyl (C=O) groups excluding carboxylic acids is 1. The Labute approximate surface area is 145 Å². The Balaban J connectivity index is 2.52. The summed E-state index contributed by atoms with van der Waals surface area (Å²) in [6, 6.07) is 8.11. The number of amides is 1. The summed E-state index contributed by atoms with van der Waals surface area (Å²) in [6.45, 7) is 5.19. The van der Waals surface area contributed by atoms with Crippen molar-refractivity contribution in [3.05, 3.63) is 35.4 Å². The zero-order valence-corrected chi connectivity index (χ0v) is 15.0. The van der Waals surface area contributed by atoms with Gasteiger partial charge in [0.05, 0.1) is 6.54 Å². The van der Waals surface area contributed by atoms with Crippen molar-refractivity contribution in [2.24, 2.45) is 22.4 Å². The van der Waals surface area contributed by atoms with Crippen LogP contribution in [0.2, 0.25) is 0 Å². The number of likely N-dealkylation sites (N-methyl/N-ethyl adjacent to an activating group) is 1. The van der Waals surface area contributed by atoms with Crippen LogP contribution in [0.25, 0.3) is 0 Å². The second-order valence-electron chi connectivity index (χ2n) is 6.18. The molecule has 1 rings (SSSR count). The Kier molecular flexibility index (Phi) is 8.86. The van der Waals surface area contributed by atoms with Gasteiger partial charge in [0.1, 0.15) is 6.04 Å². The Morgan fingerprint density at radius 3 is 2.50 bits per heavy atom. The molecular formula is C18H31N5O. The summed E-state index contributed by atoms with van der Waals surface area (Å²) in [5.41, 5.74) is 13.4. The lowest BCUT2D eigenvalue weighted by atomic mass is 9.94. The molecule has 2 unspecified atom stereocenters. The van der Waals surface area contributed by atoms with Gasteiger partial charge < -0.3 is 22.1 Å². The minimum Gasteiger partial charge on any atom is -0.370 e. The molecule has 0 fully saturated rings. The first-order valence-corrected chi connectivity index (χ1v) is 8.55. The van der Waals surface area contributed by atoms with Crippen LogP contribution in [-0.2, 0) is 17.6 Å². The molecule has 6 nitrogen and oxygen atoms in total. The van der Waals surface area contributed by atoms with Crippen LogP contribution >= 0.6 is 0 Å². The summed E-state index contributed by atoms with van der Waals surface area (Å²) >= 11 is 0. The van der Waals surface area contributed by atoms with E-state index >= 15 is 0 Å². The van der Waals surface area contributed by atoms with Crippen LogP contribution in [0.4, 0.5) is 0 Å². The van der Waals surface area contributed by atoms with E-state index in [0.29, 0.717) is 12.5 Å². The lowest BCUT2D eigenvalue weighted by molar-refractivity contribution is -0.122. The van der Waals surface area contributed by atoms with E-state index in [0.717, 1.165) is 19.3 Å². The molecular weight excluding hydrogens is 302 g/mol. The third kappa shape index (κ3) is 7.00. The zero-order chi connectivity index (χ0) is 17.9. The maximum Gasteiger partial charge on any atom is 0.239 e. The molecule has 0 heterocycles. The zero-order valence-electron chi connectivity index (χ0n) is 15.0. The fourth-order valence-corrected chi connectivity index (χ4v) is 2.62. The monoisotopic (exact) mass is 333 g/mol. The van der Waals surface area contributed by atoms with Gasteiger partial charge in [0.2, 0.25) is 5.91 Å². The Hall–Kier alpha value is -2.08. The second kappa shape index (κ2) is 10.6. The molecule has 0 aromatic heterocycles. The van der Waals surface area contributed by atoms with Gasteiger partial charge in [-0.3, -0.25) is 9.79 Å².